The summed E-state index contributed by atoms with van der Waals surface area (Å²) in [7, 11) is 1.54. The highest BCUT2D eigenvalue weighted by atomic mass is 19.2. The molecule has 8 heteroatoms. The van der Waals surface area contributed by atoms with Crippen molar-refractivity contribution in [3.8, 4) is 0 Å². The monoisotopic (exact) mass is 379 g/mol. The van der Waals surface area contributed by atoms with Gasteiger partial charge in [-0.3, -0.25) is 14.5 Å². The van der Waals surface area contributed by atoms with E-state index in [1.165, 1.54) is 11.9 Å². The molecule has 0 saturated heterocycles. The van der Waals surface area contributed by atoms with E-state index in [-0.39, 0.29) is 25.0 Å². The minimum atomic E-state index is -1.66. The zero-order chi connectivity index (χ0) is 20.0. The first-order valence-corrected chi connectivity index (χ1v) is 8.24. The average Bonchev–Trinajstić information content (AvgIpc) is 2.62. The van der Waals surface area contributed by atoms with Gasteiger partial charge in [0, 0.05) is 0 Å². The molecule has 0 saturated carbocycles. The van der Waals surface area contributed by atoms with Crippen LogP contribution in [-0.2, 0) is 9.59 Å². The third kappa shape index (κ3) is 5.82. The van der Waals surface area contributed by atoms with E-state index in [1.807, 2.05) is 37.3 Å². The second-order valence-electron chi connectivity index (χ2n) is 6.14. The summed E-state index contributed by atoms with van der Waals surface area (Å²) >= 11 is 0. The molecule has 0 aliphatic heterocycles. The number of anilines is 1. The normalized spacial score (nSPS) is 11.9. The van der Waals surface area contributed by atoms with Crippen molar-refractivity contribution >= 4 is 17.5 Å². The van der Waals surface area contributed by atoms with E-state index in [9.17, 15) is 22.8 Å². The summed E-state index contributed by atoms with van der Waals surface area (Å²) in [4.78, 5) is 25.4. The summed E-state index contributed by atoms with van der Waals surface area (Å²) in [5, 5.41) is 4.96. The molecule has 0 aliphatic carbocycles. The van der Waals surface area contributed by atoms with Crippen LogP contribution >= 0.6 is 0 Å². The Bertz CT molecular complexity index is 815. The Kier molecular flexibility index (Phi) is 6.95. The maximum Gasteiger partial charge on any atom is 0.238 e. The summed E-state index contributed by atoms with van der Waals surface area (Å²) in [6.45, 7) is 1.54. The van der Waals surface area contributed by atoms with Crippen LogP contribution in [0.15, 0.2) is 42.5 Å². The number of nitrogens with one attached hydrogen (secondary N) is 2. The molecule has 2 aromatic carbocycles. The van der Waals surface area contributed by atoms with Crippen molar-refractivity contribution < 1.29 is 22.8 Å². The molecular formula is C19H20F3N3O2. The molecule has 0 unspecified atom stereocenters. The Morgan fingerprint density at radius 1 is 0.963 bits per heavy atom. The van der Waals surface area contributed by atoms with Crippen LogP contribution in [-0.4, -0.2) is 36.9 Å². The molecule has 0 spiro atoms. The van der Waals surface area contributed by atoms with E-state index < -0.39 is 29.0 Å². The van der Waals surface area contributed by atoms with Crippen LogP contribution in [0.3, 0.4) is 0 Å². The Morgan fingerprint density at radius 2 is 1.59 bits per heavy atom. The average molecular weight is 379 g/mol. The molecule has 2 amide bonds. The zero-order valence-electron chi connectivity index (χ0n) is 14.9. The van der Waals surface area contributed by atoms with E-state index >= 15 is 0 Å². The summed E-state index contributed by atoms with van der Waals surface area (Å²) in [5.74, 6) is -5.42. The van der Waals surface area contributed by atoms with Crippen molar-refractivity contribution in [2.45, 2.75) is 13.0 Å². The predicted molar refractivity (Wildman–Crippen MR) is 95.4 cm³/mol. The number of halogens is 3. The Balaban J connectivity index is 1.84. The first kappa shape index (κ1) is 20.4. The molecule has 5 nitrogen and oxygen atoms in total. The number of nitrogens with zero attached hydrogens (tertiary/aromatic N) is 1. The van der Waals surface area contributed by atoms with Gasteiger partial charge in [0.2, 0.25) is 11.8 Å². The molecule has 0 bridgehead atoms. The van der Waals surface area contributed by atoms with Crippen molar-refractivity contribution in [1.82, 2.24) is 10.2 Å². The topological polar surface area (TPSA) is 61.4 Å². The van der Waals surface area contributed by atoms with E-state index in [4.69, 9.17) is 0 Å². The lowest BCUT2D eigenvalue weighted by atomic mass is 10.1. The number of benzene rings is 2. The van der Waals surface area contributed by atoms with Gasteiger partial charge in [-0.1, -0.05) is 30.3 Å². The van der Waals surface area contributed by atoms with Gasteiger partial charge in [0.15, 0.2) is 17.5 Å². The van der Waals surface area contributed by atoms with Gasteiger partial charge in [0.1, 0.15) is 0 Å². The number of carbonyl (C=O) groups is 2. The van der Waals surface area contributed by atoms with E-state index in [0.29, 0.717) is 0 Å². The maximum absolute atomic E-state index is 13.6. The van der Waals surface area contributed by atoms with Crippen molar-refractivity contribution in [1.29, 1.82) is 0 Å². The van der Waals surface area contributed by atoms with Gasteiger partial charge in [-0.15, -0.1) is 0 Å². The molecule has 0 aromatic heterocycles. The second-order valence-corrected chi connectivity index (χ2v) is 6.14. The molecule has 0 heterocycles. The highest BCUT2D eigenvalue weighted by molar-refractivity contribution is 5.92. The van der Waals surface area contributed by atoms with Gasteiger partial charge >= 0.3 is 0 Å². The van der Waals surface area contributed by atoms with Crippen molar-refractivity contribution in [2.75, 3.05) is 25.5 Å². The number of likely N-dealkylation sites (N-methyl/N-ethyl adjacent to an activating group) is 1. The molecule has 2 aromatic rings. The number of rotatable bonds is 7. The van der Waals surface area contributed by atoms with Crippen LogP contribution in [0.4, 0.5) is 18.9 Å². The van der Waals surface area contributed by atoms with Crippen LogP contribution < -0.4 is 10.6 Å². The fourth-order valence-corrected chi connectivity index (χ4v) is 2.47. The largest absolute Gasteiger partial charge is 0.348 e. The van der Waals surface area contributed by atoms with Gasteiger partial charge in [0.05, 0.1) is 24.8 Å². The molecule has 2 N–H and O–H groups in total. The minimum Gasteiger partial charge on any atom is -0.348 e. The van der Waals surface area contributed by atoms with Crippen LogP contribution in [0.25, 0.3) is 0 Å². The van der Waals surface area contributed by atoms with Crippen LogP contribution in [0.1, 0.15) is 18.5 Å². The molecule has 1 atom stereocenters. The highest BCUT2D eigenvalue weighted by Gasteiger charge is 2.17. The predicted octanol–water partition coefficient (Wildman–Crippen LogP) is 2.85. The number of amides is 2. The van der Waals surface area contributed by atoms with E-state index in [2.05, 4.69) is 10.6 Å². The van der Waals surface area contributed by atoms with Crippen LogP contribution in [0, 0.1) is 17.5 Å². The lowest BCUT2D eigenvalue weighted by Crippen LogP contribution is -2.39. The van der Waals surface area contributed by atoms with Crippen molar-refractivity contribution in [2.24, 2.45) is 0 Å². The van der Waals surface area contributed by atoms with Crippen molar-refractivity contribution in [3.63, 3.8) is 0 Å². The molecule has 0 aliphatic rings. The summed E-state index contributed by atoms with van der Waals surface area (Å²) < 4.78 is 39.6. The first-order chi connectivity index (χ1) is 12.8. The fraction of sp³-hybridized carbons (Fsp3) is 0.263. The second kappa shape index (κ2) is 9.18. The Labute approximate surface area is 155 Å². The zero-order valence-corrected chi connectivity index (χ0v) is 14.9. The fourth-order valence-electron chi connectivity index (χ4n) is 2.47. The smallest absolute Gasteiger partial charge is 0.238 e. The van der Waals surface area contributed by atoms with Crippen LogP contribution in [0.5, 0.6) is 0 Å². The Hall–Kier alpha value is -2.87. The molecule has 27 heavy (non-hydrogen) atoms. The SMILES string of the molecule is C[C@H](NC(=O)CN(C)CC(=O)Nc1ccc(F)c(F)c1F)c1ccccc1. The van der Waals surface area contributed by atoms with Crippen molar-refractivity contribution in [3.05, 3.63) is 65.5 Å². The third-order valence-corrected chi connectivity index (χ3v) is 3.81. The van der Waals surface area contributed by atoms with Gasteiger partial charge in [-0.2, -0.15) is 0 Å². The van der Waals surface area contributed by atoms with Gasteiger partial charge in [-0.25, -0.2) is 13.2 Å². The van der Waals surface area contributed by atoms with E-state index in [0.717, 1.165) is 17.7 Å². The van der Waals surface area contributed by atoms with Gasteiger partial charge < -0.3 is 10.6 Å². The molecule has 0 fully saturated rings. The number of carbonyl (C=O) groups excluding carboxylic acids is 2. The summed E-state index contributed by atoms with van der Waals surface area (Å²) in [5.41, 5.74) is 0.481. The lowest BCUT2D eigenvalue weighted by molar-refractivity contribution is -0.123. The standard InChI is InChI=1S/C19H20F3N3O2/c1-12(13-6-4-3-5-7-13)23-16(26)10-25(2)11-17(27)24-15-9-8-14(20)18(21)19(15)22/h3-9,12H,10-11H2,1-2H3,(H,23,26)(H,24,27)/t12-/m0/s1. The van der Waals surface area contributed by atoms with Crippen LogP contribution in [0.2, 0.25) is 0 Å². The third-order valence-electron chi connectivity index (χ3n) is 3.81. The van der Waals surface area contributed by atoms with Gasteiger partial charge in [-0.05, 0) is 31.7 Å². The summed E-state index contributed by atoms with van der Waals surface area (Å²) in [6.07, 6.45) is 0. The highest BCUT2D eigenvalue weighted by Crippen LogP contribution is 2.19. The maximum atomic E-state index is 13.6. The van der Waals surface area contributed by atoms with E-state index in [1.54, 1.807) is 0 Å². The molecule has 144 valence electrons. The molecular weight excluding hydrogens is 359 g/mol. The molecule has 0 radical (unpaired) electrons. The molecule has 2 rings (SSSR count). The van der Waals surface area contributed by atoms with Gasteiger partial charge in [0.25, 0.3) is 0 Å². The number of hydrogen-bond acceptors (Lipinski definition) is 3. The quantitative estimate of drug-likeness (QED) is 0.728. The Morgan fingerprint density at radius 3 is 2.26 bits per heavy atom. The number of hydrogen-bond donors (Lipinski definition) is 2. The minimum absolute atomic E-state index is 0.0646. The lowest BCUT2D eigenvalue weighted by Gasteiger charge is -2.19. The first-order valence-electron chi connectivity index (χ1n) is 8.24. The summed E-state index contributed by atoms with van der Waals surface area (Å²) in [6, 6.07) is 10.8.